The number of nitrogens with two attached hydrogens (primary N) is 1. The van der Waals surface area contributed by atoms with E-state index in [9.17, 15) is 4.79 Å². The quantitative estimate of drug-likeness (QED) is 0.658. The van der Waals surface area contributed by atoms with Crippen LogP contribution in [0.1, 0.15) is 5.69 Å². The number of nitrogens with zero attached hydrogens (tertiary/aromatic N) is 2. The van der Waals surface area contributed by atoms with E-state index in [1.54, 1.807) is 24.7 Å². The van der Waals surface area contributed by atoms with Crippen LogP contribution in [0, 0.1) is 6.92 Å². The van der Waals surface area contributed by atoms with E-state index in [1.165, 1.54) is 0 Å². The van der Waals surface area contributed by atoms with Crippen LogP contribution in [-0.2, 0) is 0 Å². The minimum absolute atomic E-state index is 0.0879. The maximum Gasteiger partial charge on any atom is 0.191 e. The van der Waals surface area contributed by atoms with Gasteiger partial charge in [0.2, 0.25) is 0 Å². The molecule has 3 aromatic rings. The largest absolute Gasteiger partial charge is 0.382 e. The molecule has 0 spiro atoms. The fraction of sp³-hybridized carbons (Fsp3) is 0.0714. The number of aryl methyl sites for hydroxylation is 1. The topological polar surface area (TPSA) is 100 Å². The predicted octanol–water partition coefficient (Wildman–Crippen LogP) is 1.72. The van der Waals surface area contributed by atoms with Gasteiger partial charge in [-0.25, -0.2) is 0 Å². The first-order valence-corrected chi connectivity index (χ1v) is 6.11. The Morgan fingerprint density at radius 3 is 2.90 bits per heavy atom. The summed E-state index contributed by atoms with van der Waals surface area (Å²) < 4.78 is 0. The molecule has 0 unspecified atom stereocenters. The molecule has 0 fully saturated rings. The van der Waals surface area contributed by atoms with Crippen molar-refractivity contribution in [3.8, 4) is 22.4 Å². The van der Waals surface area contributed by atoms with Crippen molar-refractivity contribution in [2.24, 2.45) is 0 Å². The molecule has 3 heterocycles. The fourth-order valence-electron chi connectivity index (χ4n) is 2.12. The third kappa shape index (κ3) is 1.97. The zero-order chi connectivity index (χ0) is 14.1. The summed E-state index contributed by atoms with van der Waals surface area (Å²) in [6.07, 6.45) is 5.02. The average molecular weight is 267 g/mol. The number of hydrogen-bond acceptors (Lipinski definition) is 4. The summed E-state index contributed by atoms with van der Waals surface area (Å²) in [5.41, 5.74) is 9.21. The highest BCUT2D eigenvalue weighted by Gasteiger charge is 2.16. The number of rotatable bonds is 2. The van der Waals surface area contributed by atoms with Gasteiger partial charge in [0, 0.05) is 35.9 Å². The second-order valence-electron chi connectivity index (χ2n) is 4.49. The van der Waals surface area contributed by atoms with Gasteiger partial charge < -0.3 is 10.7 Å². The van der Waals surface area contributed by atoms with Crippen LogP contribution in [0.2, 0.25) is 0 Å². The molecule has 0 aliphatic carbocycles. The smallest absolute Gasteiger partial charge is 0.191 e. The van der Waals surface area contributed by atoms with Gasteiger partial charge in [0.15, 0.2) is 11.2 Å². The Morgan fingerprint density at radius 1 is 1.35 bits per heavy atom. The maximum atomic E-state index is 12.1. The van der Waals surface area contributed by atoms with Gasteiger partial charge in [-0.15, -0.1) is 0 Å². The number of pyridine rings is 2. The fourth-order valence-corrected chi connectivity index (χ4v) is 2.12. The summed E-state index contributed by atoms with van der Waals surface area (Å²) in [7, 11) is 0. The lowest BCUT2D eigenvalue weighted by molar-refractivity contribution is 1.09. The Balaban J connectivity index is 2.24. The first-order valence-electron chi connectivity index (χ1n) is 6.11. The van der Waals surface area contributed by atoms with Crippen molar-refractivity contribution in [2.75, 3.05) is 5.73 Å². The van der Waals surface area contributed by atoms with Crippen LogP contribution >= 0.6 is 0 Å². The Morgan fingerprint density at radius 2 is 2.20 bits per heavy atom. The number of aromatic amines is 2. The normalized spacial score (nSPS) is 10.7. The number of anilines is 1. The van der Waals surface area contributed by atoms with E-state index < -0.39 is 0 Å². The van der Waals surface area contributed by atoms with E-state index in [1.807, 2.05) is 19.1 Å². The number of aromatic nitrogens is 4. The highest BCUT2D eigenvalue weighted by Crippen LogP contribution is 2.32. The molecule has 0 saturated heterocycles. The highest BCUT2D eigenvalue weighted by molar-refractivity contribution is 5.87. The SMILES string of the molecule is Cc1cc(=O)c(-c2[nH]nc(N)c2-c2cccnc2)c[nH]1. The molecule has 3 aromatic heterocycles. The van der Waals surface area contributed by atoms with Crippen molar-refractivity contribution < 1.29 is 0 Å². The lowest BCUT2D eigenvalue weighted by Crippen LogP contribution is -2.06. The third-order valence-corrected chi connectivity index (χ3v) is 3.07. The monoisotopic (exact) mass is 267 g/mol. The summed E-state index contributed by atoms with van der Waals surface area (Å²) >= 11 is 0. The zero-order valence-corrected chi connectivity index (χ0v) is 10.8. The van der Waals surface area contributed by atoms with Crippen molar-refractivity contribution >= 4 is 5.82 Å². The standard InChI is InChI=1S/C14H13N5O/c1-8-5-11(20)10(7-17-8)13-12(14(15)19-18-13)9-3-2-4-16-6-9/h2-7H,1H3,(H,17,20)(H3,15,18,19). The second kappa shape index (κ2) is 4.65. The van der Waals surface area contributed by atoms with Gasteiger partial charge in [0.1, 0.15) is 0 Å². The molecule has 0 bridgehead atoms. The van der Waals surface area contributed by atoms with Crippen LogP contribution in [0.15, 0.2) is 41.6 Å². The van der Waals surface area contributed by atoms with Crippen LogP contribution in [0.5, 0.6) is 0 Å². The van der Waals surface area contributed by atoms with E-state index in [-0.39, 0.29) is 5.43 Å². The maximum absolute atomic E-state index is 12.1. The van der Waals surface area contributed by atoms with E-state index >= 15 is 0 Å². The molecule has 20 heavy (non-hydrogen) atoms. The molecule has 4 N–H and O–H groups in total. The van der Waals surface area contributed by atoms with Crippen LogP contribution in [0.3, 0.4) is 0 Å². The third-order valence-electron chi connectivity index (χ3n) is 3.07. The minimum Gasteiger partial charge on any atom is -0.382 e. The average Bonchev–Trinajstić information content (AvgIpc) is 2.81. The molecule has 0 atom stereocenters. The number of hydrogen-bond donors (Lipinski definition) is 3. The molecule has 0 saturated carbocycles. The van der Waals surface area contributed by atoms with Crippen molar-refractivity contribution in [3.05, 3.63) is 52.7 Å². The molecule has 0 aliphatic heterocycles. The summed E-state index contributed by atoms with van der Waals surface area (Å²) in [5, 5.41) is 6.83. The van der Waals surface area contributed by atoms with Crippen LogP contribution in [0.25, 0.3) is 22.4 Å². The summed E-state index contributed by atoms with van der Waals surface area (Å²) in [6.45, 7) is 1.83. The van der Waals surface area contributed by atoms with Crippen molar-refractivity contribution in [2.45, 2.75) is 6.92 Å². The Labute approximate surface area is 114 Å². The van der Waals surface area contributed by atoms with Gasteiger partial charge in [-0.2, -0.15) is 5.10 Å². The molecule has 0 amide bonds. The van der Waals surface area contributed by atoms with E-state index in [4.69, 9.17) is 5.73 Å². The summed E-state index contributed by atoms with van der Waals surface area (Å²) in [4.78, 5) is 19.2. The first-order chi connectivity index (χ1) is 9.66. The molecular formula is C14H13N5O. The lowest BCUT2D eigenvalue weighted by atomic mass is 10.0. The molecule has 0 radical (unpaired) electrons. The number of H-pyrrole nitrogens is 2. The van der Waals surface area contributed by atoms with Crippen LogP contribution < -0.4 is 11.2 Å². The van der Waals surface area contributed by atoms with Crippen molar-refractivity contribution in [1.29, 1.82) is 0 Å². The van der Waals surface area contributed by atoms with E-state index in [0.29, 0.717) is 22.6 Å². The van der Waals surface area contributed by atoms with Crippen LogP contribution in [-0.4, -0.2) is 20.2 Å². The zero-order valence-electron chi connectivity index (χ0n) is 10.8. The summed E-state index contributed by atoms with van der Waals surface area (Å²) in [6, 6.07) is 5.23. The first kappa shape index (κ1) is 12.2. The molecule has 6 nitrogen and oxygen atoms in total. The van der Waals surface area contributed by atoms with Crippen molar-refractivity contribution in [3.63, 3.8) is 0 Å². The second-order valence-corrected chi connectivity index (χ2v) is 4.49. The molecule has 0 aromatic carbocycles. The molecule has 0 aliphatic rings. The van der Waals surface area contributed by atoms with Gasteiger partial charge in [-0.1, -0.05) is 6.07 Å². The summed E-state index contributed by atoms with van der Waals surface area (Å²) in [5.74, 6) is 0.341. The van der Waals surface area contributed by atoms with Gasteiger partial charge in [0.25, 0.3) is 0 Å². The highest BCUT2D eigenvalue weighted by atomic mass is 16.1. The molecule has 6 heteroatoms. The van der Waals surface area contributed by atoms with Gasteiger partial charge in [-0.05, 0) is 13.0 Å². The van der Waals surface area contributed by atoms with Gasteiger partial charge >= 0.3 is 0 Å². The molecule has 3 rings (SSSR count). The number of nitrogens with one attached hydrogen (secondary N) is 2. The van der Waals surface area contributed by atoms with Crippen LogP contribution in [0.4, 0.5) is 5.82 Å². The number of nitrogen functional groups attached to an aromatic ring is 1. The Kier molecular flexibility index (Phi) is 2.83. The molecular weight excluding hydrogens is 254 g/mol. The Bertz CT molecular complexity index is 804. The van der Waals surface area contributed by atoms with Crippen molar-refractivity contribution in [1.82, 2.24) is 20.2 Å². The predicted molar refractivity (Wildman–Crippen MR) is 77.0 cm³/mol. The van der Waals surface area contributed by atoms with Gasteiger partial charge in [-0.3, -0.25) is 14.9 Å². The Hall–Kier alpha value is -2.89. The molecule has 100 valence electrons. The van der Waals surface area contributed by atoms with Gasteiger partial charge in [0.05, 0.1) is 16.8 Å². The lowest BCUT2D eigenvalue weighted by Gasteiger charge is -2.04. The van der Waals surface area contributed by atoms with E-state index in [0.717, 1.165) is 11.3 Å². The van der Waals surface area contributed by atoms with E-state index in [2.05, 4.69) is 20.2 Å². The minimum atomic E-state index is -0.0879.